The fourth-order valence-electron chi connectivity index (χ4n) is 4.04. The van der Waals surface area contributed by atoms with Crippen molar-refractivity contribution in [3.63, 3.8) is 0 Å². The van der Waals surface area contributed by atoms with E-state index in [-0.39, 0.29) is 23.5 Å². The van der Waals surface area contributed by atoms with Gasteiger partial charge in [0.2, 0.25) is 11.0 Å². The van der Waals surface area contributed by atoms with Gasteiger partial charge in [-0.15, -0.1) is 0 Å². The second kappa shape index (κ2) is 8.08. The Labute approximate surface area is 164 Å². The first kappa shape index (κ1) is 19.2. The monoisotopic (exact) mass is 406 g/mol. The summed E-state index contributed by atoms with van der Waals surface area (Å²) in [6.07, 6.45) is 7.37. The first-order chi connectivity index (χ1) is 13.6. The molecule has 2 aromatic rings. The van der Waals surface area contributed by atoms with Gasteiger partial charge in [0, 0.05) is 32.4 Å². The lowest BCUT2D eigenvalue weighted by Crippen LogP contribution is -2.46. The molecule has 0 aromatic carbocycles. The predicted octanol–water partition coefficient (Wildman–Crippen LogP) is 2.47. The van der Waals surface area contributed by atoms with Crippen molar-refractivity contribution in [3.8, 4) is 11.5 Å². The molecular formula is C19H26N4O4S. The quantitative estimate of drug-likeness (QED) is 0.841. The molecule has 0 radical (unpaired) electrons. The summed E-state index contributed by atoms with van der Waals surface area (Å²) in [6.45, 7) is 2.20. The van der Waals surface area contributed by atoms with Crippen LogP contribution in [0.4, 0.5) is 0 Å². The first-order valence-corrected chi connectivity index (χ1v) is 11.4. The average Bonchev–Trinajstić information content (AvgIpc) is 3.35. The van der Waals surface area contributed by atoms with E-state index in [2.05, 4.69) is 10.2 Å². The molecule has 8 nitrogen and oxygen atoms in total. The average molecular weight is 407 g/mol. The fourth-order valence-corrected chi connectivity index (χ4v) is 5.47. The molecule has 2 saturated heterocycles. The minimum atomic E-state index is -3.78. The number of piperidine rings is 1. The number of likely N-dealkylation sites (tertiary alicyclic amines) is 1. The number of furan rings is 1. The zero-order valence-electron chi connectivity index (χ0n) is 15.8. The van der Waals surface area contributed by atoms with Crippen LogP contribution in [0.5, 0.6) is 0 Å². The lowest BCUT2D eigenvalue weighted by Gasteiger charge is -2.33. The van der Waals surface area contributed by atoms with Crippen LogP contribution < -0.4 is 0 Å². The minimum absolute atomic E-state index is 0.0967. The molecule has 0 spiro atoms. The molecular weight excluding hydrogens is 380 g/mol. The summed E-state index contributed by atoms with van der Waals surface area (Å²) in [7, 11) is -3.78. The number of amides is 1. The molecule has 2 fully saturated rings. The van der Waals surface area contributed by atoms with Crippen LogP contribution in [0.15, 0.2) is 33.9 Å². The lowest BCUT2D eigenvalue weighted by atomic mass is 9.98. The van der Waals surface area contributed by atoms with E-state index in [0.29, 0.717) is 24.4 Å². The van der Waals surface area contributed by atoms with E-state index in [4.69, 9.17) is 4.42 Å². The summed E-state index contributed by atoms with van der Waals surface area (Å²) < 4.78 is 33.1. The van der Waals surface area contributed by atoms with Gasteiger partial charge >= 0.3 is 0 Å². The van der Waals surface area contributed by atoms with E-state index in [1.807, 2.05) is 4.90 Å². The molecule has 4 rings (SSSR count). The smallest absolute Gasteiger partial charge is 0.276 e. The molecule has 0 saturated carbocycles. The molecule has 0 aliphatic carbocycles. The van der Waals surface area contributed by atoms with Crippen molar-refractivity contribution in [2.75, 3.05) is 26.2 Å². The van der Waals surface area contributed by atoms with Gasteiger partial charge in [-0.25, -0.2) is 8.42 Å². The van der Waals surface area contributed by atoms with Gasteiger partial charge in [-0.2, -0.15) is 9.40 Å². The number of nitrogens with one attached hydrogen (secondary N) is 1. The number of aromatic nitrogens is 2. The molecule has 28 heavy (non-hydrogen) atoms. The number of H-pyrrole nitrogens is 1. The maximum Gasteiger partial charge on any atom is 0.276 e. The van der Waals surface area contributed by atoms with E-state index < -0.39 is 10.0 Å². The van der Waals surface area contributed by atoms with Gasteiger partial charge < -0.3 is 9.32 Å². The molecule has 2 aliphatic rings. The largest absolute Gasteiger partial charge is 0.442 e. The Balaban J connectivity index is 1.48. The van der Waals surface area contributed by atoms with Crippen molar-refractivity contribution in [1.82, 2.24) is 19.4 Å². The van der Waals surface area contributed by atoms with E-state index in [0.717, 1.165) is 45.2 Å². The molecule has 1 N–H and O–H groups in total. The van der Waals surface area contributed by atoms with Gasteiger partial charge in [-0.05, 0) is 43.9 Å². The van der Waals surface area contributed by atoms with E-state index in [1.54, 1.807) is 18.3 Å². The van der Waals surface area contributed by atoms with Crippen molar-refractivity contribution in [2.24, 2.45) is 5.92 Å². The van der Waals surface area contributed by atoms with Gasteiger partial charge in [0.1, 0.15) is 5.69 Å². The van der Waals surface area contributed by atoms with Crippen LogP contribution in [-0.4, -0.2) is 59.9 Å². The van der Waals surface area contributed by atoms with Crippen molar-refractivity contribution < 1.29 is 17.6 Å². The summed E-state index contributed by atoms with van der Waals surface area (Å²) in [5.41, 5.74) is 0.620. The number of carbonyl (C=O) groups excluding carboxylic acids is 1. The third-order valence-corrected chi connectivity index (χ3v) is 7.33. The molecule has 2 aliphatic heterocycles. The number of nitrogens with zero attached hydrogens (tertiary/aromatic N) is 3. The van der Waals surface area contributed by atoms with Gasteiger partial charge in [-0.1, -0.05) is 12.8 Å². The normalized spacial score (nSPS) is 22.1. The summed E-state index contributed by atoms with van der Waals surface area (Å²) in [6, 6.07) is 4.79. The SMILES string of the molecule is O=C([C@H]1CCCN(S(=O)(=O)c2ccc(-c3ccn[nH]3)o2)C1)N1CCCCCC1. The second-order valence-corrected chi connectivity index (χ2v) is 9.40. The predicted molar refractivity (Wildman–Crippen MR) is 103 cm³/mol. The van der Waals surface area contributed by atoms with Crippen LogP contribution >= 0.6 is 0 Å². The highest BCUT2D eigenvalue weighted by atomic mass is 32.2. The molecule has 2 aromatic heterocycles. The summed E-state index contributed by atoms with van der Waals surface area (Å²) in [5, 5.41) is 6.51. The van der Waals surface area contributed by atoms with Crippen molar-refractivity contribution in [3.05, 3.63) is 24.4 Å². The second-order valence-electron chi connectivity index (χ2n) is 7.53. The Morgan fingerprint density at radius 2 is 1.86 bits per heavy atom. The molecule has 1 amide bonds. The van der Waals surface area contributed by atoms with Crippen molar-refractivity contribution in [1.29, 1.82) is 0 Å². The maximum absolute atomic E-state index is 13.1. The number of carbonyl (C=O) groups is 1. The van der Waals surface area contributed by atoms with Crippen LogP contribution in [0.25, 0.3) is 11.5 Å². The number of hydrogen-bond donors (Lipinski definition) is 1. The third-order valence-electron chi connectivity index (χ3n) is 5.59. The number of aromatic amines is 1. The third kappa shape index (κ3) is 3.86. The van der Waals surface area contributed by atoms with E-state index in [9.17, 15) is 13.2 Å². The van der Waals surface area contributed by atoms with Gasteiger partial charge in [0.15, 0.2) is 5.76 Å². The number of sulfonamides is 1. The first-order valence-electron chi connectivity index (χ1n) is 9.94. The fraction of sp³-hybridized carbons (Fsp3) is 0.579. The van der Waals surface area contributed by atoms with Gasteiger partial charge in [0.25, 0.3) is 10.0 Å². The molecule has 152 valence electrons. The zero-order chi connectivity index (χ0) is 19.6. The van der Waals surface area contributed by atoms with Crippen LogP contribution in [0.1, 0.15) is 38.5 Å². The molecule has 0 unspecified atom stereocenters. The van der Waals surface area contributed by atoms with Crippen molar-refractivity contribution >= 4 is 15.9 Å². The summed E-state index contributed by atoms with van der Waals surface area (Å²) >= 11 is 0. The van der Waals surface area contributed by atoms with Crippen LogP contribution in [0.2, 0.25) is 0 Å². The van der Waals surface area contributed by atoms with E-state index >= 15 is 0 Å². The topological polar surface area (TPSA) is 99.5 Å². The van der Waals surface area contributed by atoms with Crippen LogP contribution in [0, 0.1) is 5.92 Å². The van der Waals surface area contributed by atoms with Crippen LogP contribution in [-0.2, 0) is 14.8 Å². The van der Waals surface area contributed by atoms with Gasteiger partial charge in [-0.3, -0.25) is 9.89 Å². The molecule has 0 bridgehead atoms. The Morgan fingerprint density at radius 3 is 2.57 bits per heavy atom. The number of rotatable bonds is 4. The summed E-state index contributed by atoms with van der Waals surface area (Å²) in [4.78, 5) is 14.9. The van der Waals surface area contributed by atoms with Crippen molar-refractivity contribution in [2.45, 2.75) is 43.6 Å². The Hall–Kier alpha value is -2.13. The highest BCUT2D eigenvalue weighted by molar-refractivity contribution is 7.89. The van der Waals surface area contributed by atoms with Crippen LogP contribution in [0.3, 0.4) is 0 Å². The lowest BCUT2D eigenvalue weighted by molar-refractivity contribution is -0.136. The summed E-state index contributed by atoms with van der Waals surface area (Å²) in [5.74, 6) is 0.244. The Bertz CT molecular complexity index is 898. The van der Waals surface area contributed by atoms with E-state index in [1.165, 1.54) is 10.4 Å². The number of hydrogen-bond acceptors (Lipinski definition) is 5. The molecule has 1 atom stereocenters. The molecule has 9 heteroatoms. The Morgan fingerprint density at radius 1 is 1.07 bits per heavy atom. The zero-order valence-corrected chi connectivity index (χ0v) is 16.7. The minimum Gasteiger partial charge on any atom is -0.442 e. The Kier molecular flexibility index (Phi) is 5.54. The maximum atomic E-state index is 13.1. The van der Waals surface area contributed by atoms with Gasteiger partial charge in [0.05, 0.1) is 5.92 Å². The highest BCUT2D eigenvalue weighted by Crippen LogP contribution is 2.29. The highest BCUT2D eigenvalue weighted by Gasteiger charge is 2.36. The standard InChI is InChI=1S/C19H26N4O4S/c24-19(22-11-3-1-2-4-12-22)15-6-5-13-23(14-15)28(25,26)18-8-7-17(27-18)16-9-10-20-21-16/h7-10,15H,1-6,11-14H2,(H,20,21)/t15-/m0/s1. The molecule has 4 heterocycles.